The minimum absolute atomic E-state index is 0.122. The first-order valence-corrected chi connectivity index (χ1v) is 4.46. The van der Waals surface area contributed by atoms with Crippen molar-refractivity contribution in [3.8, 4) is 12.3 Å². The summed E-state index contributed by atoms with van der Waals surface area (Å²) in [7, 11) is 0. The van der Waals surface area contributed by atoms with Gasteiger partial charge in [0, 0.05) is 6.92 Å². The monoisotopic (exact) mass is 205 g/mol. The lowest BCUT2D eigenvalue weighted by molar-refractivity contribution is -0.111. The molecule has 0 saturated carbocycles. The van der Waals surface area contributed by atoms with Gasteiger partial charge < -0.3 is 4.74 Å². The van der Waals surface area contributed by atoms with Crippen molar-refractivity contribution in [1.82, 2.24) is 0 Å². The molecule has 0 aliphatic heterocycles. The van der Waals surface area contributed by atoms with E-state index < -0.39 is 0 Å². The van der Waals surface area contributed by atoms with Crippen LogP contribution in [0.25, 0.3) is 0 Å². The zero-order valence-electron chi connectivity index (χ0n) is 9.33. The van der Waals surface area contributed by atoms with Crippen LogP contribution < -0.4 is 0 Å². The van der Waals surface area contributed by atoms with E-state index in [1.54, 1.807) is 13.8 Å². The van der Waals surface area contributed by atoms with Gasteiger partial charge in [-0.05, 0) is 19.4 Å². The van der Waals surface area contributed by atoms with Crippen LogP contribution >= 0.6 is 0 Å². The number of aliphatic imine (C=N–C) groups is 1. The lowest BCUT2D eigenvalue weighted by atomic mass is 10.1. The summed E-state index contributed by atoms with van der Waals surface area (Å²) in [6.07, 6.45) is 6.48. The van der Waals surface area contributed by atoms with Crippen LogP contribution in [0.15, 0.2) is 29.1 Å². The van der Waals surface area contributed by atoms with Crippen LogP contribution in [0.4, 0.5) is 0 Å². The molecular formula is C12H15NO2. The van der Waals surface area contributed by atoms with E-state index in [9.17, 15) is 4.79 Å². The molecule has 0 unspecified atom stereocenters. The molecule has 0 aromatic rings. The van der Waals surface area contributed by atoms with Gasteiger partial charge in [0.05, 0.1) is 6.20 Å². The Balaban J connectivity index is 4.65. The first-order chi connectivity index (χ1) is 6.99. The molecule has 0 aromatic carbocycles. The SMILES string of the molecule is C#CCO/C(C)=C/N=C(C(=C)C)C(C)=O. The number of ether oxygens (including phenoxy) is 1. The van der Waals surface area contributed by atoms with E-state index in [2.05, 4.69) is 17.5 Å². The maximum atomic E-state index is 11.1. The largest absolute Gasteiger partial charge is 0.484 e. The number of nitrogens with zero attached hydrogens (tertiary/aromatic N) is 1. The molecule has 0 N–H and O–H groups in total. The summed E-state index contributed by atoms with van der Waals surface area (Å²) in [6.45, 7) is 8.75. The predicted octanol–water partition coefficient (Wildman–Crippen LogP) is 2.10. The lowest BCUT2D eigenvalue weighted by Crippen LogP contribution is -2.10. The van der Waals surface area contributed by atoms with Gasteiger partial charge in [0.25, 0.3) is 0 Å². The van der Waals surface area contributed by atoms with Crippen LogP contribution in [-0.4, -0.2) is 18.1 Å². The Morgan fingerprint density at radius 1 is 1.53 bits per heavy atom. The van der Waals surface area contributed by atoms with E-state index in [4.69, 9.17) is 11.2 Å². The Hall–Kier alpha value is -1.82. The third kappa shape index (κ3) is 5.48. The molecule has 3 nitrogen and oxygen atoms in total. The number of hydrogen-bond acceptors (Lipinski definition) is 3. The molecular weight excluding hydrogens is 190 g/mol. The normalized spacial score (nSPS) is 11.9. The fourth-order valence-electron chi connectivity index (χ4n) is 0.850. The number of carbonyl (C=O) groups excluding carboxylic acids is 1. The molecule has 0 aliphatic carbocycles. The molecule has 3 heteroatoms. The molecule has 15 heavy (non-hydrogen) atoms. The van der Waals surface area contributed by atoms with Crippen LogP contribution in [0, 0.1) is 12.3 Å². The number of hydrogen-bond donors (Lipinski definition) is 0. The van der Waals surface area contributed by atoms with E-state index in [0.717, 1.165) is 0 Å². The van der Waals surface area contributed by atoms with Gasteiger partial charge in [0.15, 0.2) is 5.78 Å². The maximum absolute atomic E-state index is 11.1. The van der Waals surface area contributed by atoms with Crippen molar-refractivity contribution in [2.24, 2.45) is 4.99 Å². The highest BCUT2D eigenvalue weighted by molar-refractivity contribution is 6.45. The number of allylic oxidation sites excluding steroid dienone is 2. The second-order valence-corrected chi connectivity index (χ2v) is 3.05. The van der Waals surface area contributed by atoms with Gasteiger partial charge in [-0.15, -0.1) is 6.42 Å². The molecule has 0 amide bonds. The summed E-state index contributed by atoms with van der Waals surface area (Å²) in [6, 6.07) is 0. The molecule has 0 atom stereocenters. The third-order valence-corrected chi connectivity index (χ3v) is 1.50. The standard InChI is InChI=1S/C12H15NO2/c1-6-7-15-10(4)8-13-12(9(2)3)11(5)14/h1,8H,2,7H2,3-5H3/b10-8+,13-12?. The molecule has 0 rings (SSSR count). The second-order valence-electron chi connectivity index (χ2n) is 3.05. The van der Waals surface area contributed by atoms with Gasteiger partial charge in [0.2, 0.25) is 0 Å². The van der Waals surface area contributed by atoms with Crippen molar-refractivity contribution >= 4 is 11.5 Å². The van der Waals surface area contributed by atoms with Crippen LogP contribution in [0.5, 0.6) is 0 Å². The quantitative estimate of drug-likeness (QED) is 0.391. The summed E-state index contributed by atoms with van der Waals surface area (Å²) >= 11 is 0. The van der Waals surface area contributed by atoms with Crippen LogP contribution in [0.1, 0.15) is 20.8 Å². The van der Waals surface area contributed by atoms with Crippen molar-refractivity contribution in [2.45, 2.75) is 20.8 Å². The topological polar surface area (TPSA) is 38.7 Å². The Kier molecular flexibility index (Phi) is 5.81. The average Bonchev–Trinajstić information content (AvgIpc) is 2.13. The van der Waals surface area contributed by atoms with Crippen molar-refractivity contribution in [2.75, 3.05) is 6.61 Å². The highest BCUT2D eigenvalue weighted by atomic mass is 16.5. The zero-order valence-corrected chi connectivity index (χ0v) is 9.33. The molecule has 0 saturated heterocycles. The highest BCUT2D eigenvalue weighted by Gasteiger charge is 2.04. The number of rotatable bonds is 5. The van der Waals surface area contributed by atoms with Gasteiger partial charge in [-0.3, -0.25) is 4.79 Å². The van der Waals surface area contributed by atoms with Crippen LogP contribution in [0.3, 0.4) is 0 Å². The molecule has 0 radical (unpaired) electrons. The third-order valence-electron chi connectivity index (χ3n) is 1.50. The van der Waals surface area contributed by atoms with Crippen LogP contribution in [0.2, 0.25) is 0 Å². The molecule has 0 aliphatic rings. The first kappa shape index (κ1) is 13.2. The van der Waals surface area contributed by atoms with E-state index >= 15 is 0 Å². The van der Waals surface area contributed by atoms with Gasteiger partial charge in [-0.25, -0.2) is 4.99 Å². The zero-order chi connectivity index (χ0) is 11.8. The first-order valence-electron chi connectivity index (χ1n) is 4.46. The van der Waals surface area contributed by atoms with Gasteiger partial charge in [-0.2, -0.15) is 0 Å². The maximum Gasteiger partial charge on any atom is 0.178 e. The van der Waals surface area contributed by atoms with Gasteiger partial charge in [-0.1, -0.05) is 12.5 Å². The Morgan fingerprint density at radius 3 is 2.53 bits per heavy atom. The van der Waals surface area contributed by atoms with E-state index in [-0.39, 0.29) is 12.4 Å². The molecule has 0 bridgehead atoms. The smallest absolute Gasteiger partial charge is 0.178 e. The summed E-state index contributed by atoms with van der Waals surface area (Å²) < 4.78 is 5.08. The molecule has 80 valence electrons. The number of terminal acetylenes is 1. The minimum atomic E-state index is -0.122. The molecule has 0 aromatic heterocycles. The lowest BCUT2D eigenvalue weighted by Gasteiger charge is -2.01. The van der Waals surface area contributed by atoms with Crippen molar-refractivity contribution in [1.29, 1.82) is 0 Å². The van der Waals surface area contributed by atoms with Crippen molar-refractivity contribution < 1.29 is 9.53 Å². The fourth-order valence-corrected chi connectivity index (χ4v) is 0.850. The second kappa shape index (κ2) is 6.61. The molecule has 0 spiro atoms. The average molecular weight is 205 g/mol. The molecule has 0 heterocycles. The van der Waals surface area contributed by atoms with E-state index in [0.29, 0.717) is 17.0 Å². The van der Waals surface area contributed by atoms with Gasteiger partial charge >= 0.3 is 0 Å². The number of ketones is 1. The molecule has 0 fully saturated rings. The fraction of sp³-hybridized carbons (Fsp3) is 0.333. The van der Waals surface area contributed by atoms with Crippen molar-refractivity contribution in [3.63, 3.8) is 0 Å². The Bertz CT molecular complexity index is 340. The number of carbonyl (C=O) groups is 1. The van der Waals surface area contributed by atoms with Crippen LogP contribution in [-0.2, 0) is 9.53 Å². The summed E-state index contributed by atoms with van der Waals surface area (Å²) in [5, 5.41) is 0. The van der Waals surface area contributed by atoms with E-state index in [1.165, 1.54) is 13.1 Å². The van der Waals surface area contributed by atoms with Crippen molar-refractivity contribution in [3.05, 3.63) is 24.1 Å². The summed E-state index contributed by atoms with van der Waals surface area (Å²) in [5.41, 5.74) is 0.974. The Labute approximate surface area is 90.5 Å². The summed E-state index contributed by atoms with van der Waals surface area (Å²) in [4.78, 5) is 15.1. The summed E-state index contributed by atoms with van der Waals surface area (Å²) in [5.74, 6) is 2.78. The minimum Gasteiger partial charge on any atom is -0.484 e. The highest BCUT2D eigenvalue weighted by Crippen LogP contribution is 2.00. The Morgan fingerprint density at radius 2 is 2.13 bits per heavy atom. The number of Topliss-reactive ketones (excluding diaryl/α,β-unsaturated/α-hetero) is 1. The predicted molar refractivity (Wildman–Crippen MR) is 61.5 cm³/mol. The van der Waals surface area contributed by atoms with E-state index in [1.807, 2.05) is 0 Å². The van der Waals surface area contributed by atoms with Gasteiger partial charge in [0.1, 0.15) is 18.1 Å².